The van der Waals surface area contributed by atoms with Crippen LogP contribution in [0.4, 0.5) is 0 Å². The van der Waals surface area contributed by atoms with Crippen LogP contribution in [-0.4, -0.2) is 36.1 Å². The maximum absolute atomic E-state index is 4.59. The highest BCUT2D eigenvalue weighted by Crippen LogP contribution is 2.13. The molecule has 0 saturated carbocycles. The van der Waals surface area contributed by atoms with Crippen molar-refractivity contribution in [2.45, 2.75) is 33.2 Å². The Kier molecular flexibility index (Phi) is 5.14. The molecule has 1 atom stereocenters. The quantitative estimate of drug-likeness (QED) is 0.835. The number of nitrogens with zero attached hydrogens (tertiary/aromatic N) is 2. The summed E-state index contributed by atoms with van der Waals surface area (Å²) in [5.41, 5.74) is 2.31. The van der Waals surface area contributed by atoms with E-state index in [4.69, 9.17) is 0 Å². The van der Waals surface area contributed by atoms with Crippen molar-refractivity contribution in [3.05, 3.63) is 29.6 Å². The van der Waals surface area contributed by atoms with Crippen LogP contribution in [0, 0.1) is 12.8 Å². The van der Waals surface area contributed by atoms with Gasteiger partial charge in [-0.3, -0.25) is 9.88 Å². The number of rotatable bonds is 6. The van der Waals surface area contributed by atoms with Crippen LogP contribution in [-0.2, 0) is 6.54 Å². The topological polar surface area (TPSA) is 28.2 Å². The van der Waals surface area contributed by atoms with Crippen LogP contribution in [0.1, 0.15) is 31.2 Å². The Balaban J connectivity index is 1.81. The molecule has 100 valence electrons. The number of aryl methyl sites for hydroxylation is 1. The predicted molar refractivity (Wildman–Crippen MR) is 75.5 cm³/mol. The molecule has 0 aromatic carbocycles. The van der Waals surface area contributed by atoms with E-state index < -0.39 is 0 Å². The first-order valence-corrected chi connectivity index (χ1v) is 7.13. The molecular weight excluding hydrogens is 222 g/mol. The van der Waals surface area contributed by atoms with E-state index in [1.165, 1.54) is 38.2 Å². The largest absolute Gasteiger partial charge is 0.316 e. The molecule has 2 heterocycles. The molecule has 18 heavy (non-hydrogen) atoms. The fourth-order valence-corrected chi connectivity index (χ4v) is 2.59. The molecule has 1 aliphatic heterocycles. The summed E-state index contributed by atoms with van der Waals surface area (Å²) in [6.07, 6.45) is 2.66. The van der Waals surface area contributed by atoms with E-state index in [0.717, 1.165) is 24.7 Å². The molecule has 1 N–H and O–H groups in total. The molecule has 3 nitrogen and oxygen atoms in total. The molecule has 0 spiro atoms. The molecule has 0 radical (unpaired) electrons. The summed E-state index contributed by atoms with van der Waals surface area (Å²) in [5, 5.41) is 3.44. The van der Waals surface area contributed by atoms with E-state index in [9.17, 15) is 0 Å². The highest BCUT2D eigenvalue weighted by Gasteiger charge is 2.15. The zero-order chi connectivity index (χ0) is 12.8. The van der Waals surface area contributed by atoms with Gasteiger partial charge >= 0.3 is 0 Å². The zero-order valence-corrected chi connectivity index (χ0v) is 11.7. The molecular formula is C15H25N3. The Morgan fingerprint density at radius 3 is 3.00 bits per heavy atom. The number of aromatic nitrogens is 1. The van der Waals surface area contributed by atoms with Gasteiger partial charge in [-0.2, -0.15) is 0 Å². The average Bonchev–Trinajstić information content (AvgIpc) is 2.87. The van der Waals surface area contributed by atoms with Crippen molar-refractivity contribution in [1.82, 2.24) is 15.2 Å². The Bertz CT molecular complexity index is 359. The normalized spacial score (nSPS) is 19.6. The van der Waals surface area contributed by atoms with Crippen LogP contribution in [0.2, 0.25) is 0 Å². The van der Waals surface area contributed by atoms with E-state index in [1.54, 1.807) is 0 Å². The summed E-state index contributed by atoms with van der Waals surface area (Å²) in [6, 6.07) is 6.29. The molecule has 0 bridgehead atoms. The van der Waals surface area contributed by atoms with E-state index in [2.05, 4.69) is 47.2 Å². The van der Waals surface area contributed by atoms with Gasteiger partial charge in [0.05, 0.1) is 5.69 Å². The predicted octanol–water partition coefficient (Wildman–Crippen LogP) is 2.21. The van der Waals surface area contributed by atoms with Crippen molar-refractivity contribution in [1.29, 1.82) is 0 Å². The summed E-state index contributed by atoms with van der Waals surface area (Å²) >= 11 is 0. The van der Waals surface area contributed by atoms with Gasteiger partial charge in [-0.05, 0) is 64.0 Å². The second-order valence-corrected chi connectivity index (χ2v) is 5.29. The Hall–Kier alpha value is -0.930. The van der Waals surface area contributed by atoms with E-state index >= 15 is 0 Å². The average molecular weight is 247 g/mol. The van der Waals surface area contributed by atoms with Crippen LogP contribution < -0.4 is 5.32 Å². The molecule has 0 amide bonds. The third kappa shape index (κ3) is 4.07. The molecule has 1 aromatic heterocycles. The highest BCUT2D eigenvalue weighted by atomic mass is 15.1. The smallest absolute Gasteiger partial charge is 0.0547 e. The van der Waals surface area contributed by atoms with Crippen LogP contribution in [0.25, 0.3) is 0 Å². The first kappa shape index (κ1) is 13.5. The van der Waals surface area contributed by atoms with Crippen LogP contribution in [0.15, 0.2) is 18.2 Å². The van der Waals surface area contributed by atoms with Crippen LogP contribution >= 0.6 is 0 Å². The van der Waals surface area contributed by atoms with Crippen LogP contribution in [0.5, 0.6) is 0 Å². The zero-order valence-electron chi connectivity index (χ0n) is 11.7. The Labute approximate surface area is 111 Å². The molecule has 1 aromatic rings. The third-order valence-electron chi connectivity index (χ3n) is 3.79. The number of pyridine rings is 1. The van der Waals surface area contributed by atoms with Crippen LogP contribution in [0.3, 0.4) is 0 Å². The summed E-state index contributed by atoms with van der Waals surface area (Å²) in [6.45, 7) is 10.00. The lowest BCUT2D eigenvalue weighted by Crippen LogP contribution is -2.26. The van der Waals surface area contributed by atoms with Crippen molar-refractivity contribution >= 4 is 0 Å². The highest BCUT2D eigenvalue weighted by molar-refractivity contribution is 5.09. The molecule has 3 heteroatoms. The minimum Gasteiger partial charge on any atom is -0.316 e. The summed E-state index contributed by atoms with van der Waals surface area (Å²) in [7, 11) is 0. The van der Waals surface area contributed by atoms with Gasteiger partial charge in [-0.1, -0.05) is 13.0 Å². The fraction of sp³-hybridized carbons (Fsp3) is 0.667. The van der Waals surface area contributed by atoms with Gasteiger partial charge in [0.15, 0.2) is 0 Å². The number of hydrogen-bond acceptors (Lipinski definition) is 3. The second-order valence-electron chi connectivity index (χ2n) is 5.29. The van der Waals surface area contributed by atoms with Gasteiger partial charge in [0.2, 0.25) is 0 Å². The van der Waals surface area contributed by atoms with Crippen molar-refractivity contribution in [2.24, 2.45) is 5.92 Å². The van der Waals surface area contributed by atoms with Gasteiger partial charge in [0.1, 0.15) is 0 Å². The Morgan fingerprint density at radius 2 is 2.33 bits per heavy atom. The third-order valence-corrected chi connectivity index (χ3v) is 3.79. The maximum Gasteiger partial charge on any atom is 0.0547 e. The minimum absolute atomic E-state index is 0.879. The van der Waals surface area contributed by atoms with E-state index in [1.807, 2.05) is 0 Å². The molecule has 1 aliphatic rings. The summed E-state index contributed by atoms with van der Waals surface area (Å²) in [4.78, 5) is 7.09. The maximum atomic E-state index is 4.59. The van der Waals surface area contributed by atoms with Gasteiger partial charge in [0.25, 0.3) is 0 Å². The SMILES string of the molecule is CCN(CCC1CCNC1)Cc1cccc(C)n1. The van der Waals surface area contributed by atoms with Crippen molar-refractivity contribution < 1.29 is 0 Å². The molecule has 1 saturated heterocycles. The molecule has 1 unspecified atom stereocenters. The van der Waals surface area contributed by atoms with Gasteiger partial charge < -0.3 is 5.32 Å². The standard InChI is InChI=1S/C15H25N3/c1-3-18(10-8-14-7-9-16-11-14)12-15-6-4-5-13(2)17-15/h4-6,14,16H,3,7-12H2,1-2H3. The lowest BCUT2D eigenvalue weighted by Gasteiger charge is -2.21. The number of hydrogen-bond donors (Lipinski definition) is 1. The van der Waals surface area contributed by atoms with Crippen molar-refractivity contribution in [3.8, 4) is 0 Å². The van der Waals surface area contributed by atoms with Crippen molar-refractivity contribution in [2.75, 3.05) is 26.2 Å². The first-order valence-electron chi connectivity index (χ1n) is 7.13. The Morgan fingerprint density at radius 1 is 1.44 bits per heavy atom. The lowest BCUT2D eigenvalue weighted by molar-refractivity contribution is 0.256. The monoisotopic (exact) mass is 247 g/mol. The van der Waals surface area contributed by atoms with Gasteiger partial charge in [-0.25, -0.2) is 0 Å². The van der Waals surface area contributed by atoms with Crippen molar-refractivity contribution in [3.63, 3.8) is 0 Å². The minimum atomic E-state index is 0.879. The summed E-state index contributed by atoms with van der Waals surface area (Å²) in [5.74, 6) is 0.879. The fourth-order valence-electron chi connectivity index (χ4n) is 2.59. The molecule has 0 aliphatic carbocycles. The summed E-state index contributed by atoms with van der Waals surface area (Å²) < 4.78 is 0. The van der Waals surface area contributed by atoms with E-state index in [-0.39, 0.29) is 0 Å². The number of nitrogens with one attached hydrogen (secondary N) is 1. The molecule has 1 fully saturated rings. The lowest BCUT2D eigenvalue weighted by atomic mass is 10.0. The molecule has 2 rings (SSSR count). The second kappa shape index (κ2) is 6.86. The first-order chi connectivity index (χ1) is 8.78. The van der Waals surface area contributed by atoms with Gasteiger partial charge in [0, 0.05) is 12.2 Å². The van der Waals surface area contributed by atoms with Gasteiger partial charge in [-0.15, -0.1) is 0 Å². The van der Waals surface area contributed by atoms with E-state index in [0.29, 0.717) is 0 Å².